The second-order valence-corrected chi connectivity index (χ2v) is 6.79. The van der Waals surface area contributed by atoms with Crippen LogP contribution in [0.1, 0.15) is 29.0 Å². The summed E-state index contributed by atoms with van der Waals surface area (Å²) in [5.74, 6) is 1.61. The van der Waals surface area contributed by atoms with Crippen molar-refractivity contribution in [2.45, 2.75) is 19.4 Å². The maximum absolute atomic E-state index is 5.59. The first-order valence-corrected chi connectivity index (χ1v) is 9.26. The van der Waals surface area contributed by atoms with Crippen LogP contribution in [-0.2, 0) is 11.2 Å². The van der Waals surface area contributed by atoms with Gasteiger partial charge in [-0.2, -0.15) is 0 Å². The van der Waals surface area contributed by atoms with Crippen LogP contribution in [0.25, 0.3) is 0 Å². The Hall–Kier alpha value is -1.56. The van der Waals surface area contributed by atoms with Crippen LogP contribution in [0.3, 0.4) is 0 Å². The zero-order valence-corrected chi connectivity index (χ0v) is 15.4. The highest BCUT2D eigenvalue weighted by molar-refractivity contribution is 7.10. The molecule has 3 rings (SSSR count). The predicted octanol–water partition coefficient (Wildman–Crippen LogP) is 3.75. The third kappa shape index (κ3) is 3.43. The summed E-state index contributed by atoms with van der Waals surface area (Å²) in [7, 11) is 3.39. The smallest absolute Gasteiger partial charge is 0.161 e. The standard InChI is InChI=1S/C19H25NO3S/c1-4-23-10-9-20-8-7-14-12-16(21-2)17(22-3)13-15(14)19(20)18-6-5-11-24-18/h5-6,11-13,19H,4,7-10H2,1-3H3. The zero-order chi connectivity index (χ0) is 16.9. The Morgan fingerprint density at radius 2 is 2.00 bits per heavy atom. The number of fused-ring (bicyclic) bond motifs is 1. The molecule has 1 aliphatic heterocycles. The van der Waals surface area contributed by atoms with Crippen LogP contribution in [0.2, 0.25) is 0 Å². The van der Waals surface area contributed by atoms with Gasteiger partial charge < -0.3 is 14.2 Å². The van der Waals surface area contributed by atoms with Crippen molar-refractivity contribution in [3.05, 3.63) is 45.6 Å². The highest BCUT2D eigenvalue weighted by Crippen LogP contribution is 2.41. The molecule has 24 heavy (non-hydrogen) atoms. The lowest BCUT2D eigenvalue weighted by molar-refractivity contribution is 0.0989. The number of nitrogens with zero attached hydrogens (tertiary/aromatic N) is 1. The summed E-state index contributed by atoms with van der Waals surface area (Å²) in [5, 5.41) is 2.14. The molecule has 1 aromatic heterocycles. The van der Waals surface area contributed by atoms with E-state index in [1.54, 1.807) is 25.6 Å². The fourth-order valence-corrected chi connectivity index (χ4v) is 4.22. The summed E-state index contributed by atoms with van der Waals surface area (Å²) in [4.78, 5) is 3.87. The lowest BCUT2D eigenvalue weighted by atomic mass is 9.91. The maximum Gasteiger partial charge on any atom is 0.161 e. The molecule has 0 fully saturated rings. The van der Waals surface area contributed by atoms with Crippen LogP contribution in [0, 0.1) is 0 Å². The van der Waals surface area contributed by atoms with Gasteiger partial charge in [-0.25, -0.2) is 0 Å². The Bertz CT molecular complexity index is 657. The summed E-state index contributed by atoms with van der Waals surface area (Å²) < 4.78 is 16.6. The van der Waals surface area contributed by atoms with Crippen molar-refractivity contribution in [3.63, 3.8) is 0 Å². The molecule has 1 atom stereocenters. The summed E-state index contributed by atoms with van der Waals surface area (Å²) in [6.07, 6.45) is 1.02. The number of benzene rings is 1. The van der Waals surface area contributed by atoms with Crippen molar-refractivity contribution in [2.75, 3.05) is 40.5 Å². The molecule has 1 aliphatic rings. The monoisotopic (exact) mass is 347 g/mol. The molecule has 1 aromatic carbocycles. The zero-order valence-electron chi connectivity index (χ0n) is 14.6. The molecule has 0 saturated carbocycles. The topological polar surface area (TPSA) is 30.9 Å². The van der Waals surface area contributed by atoms with E-state index in [0.29, 0.717) is 0 Å². The van der Waals surface area contributed by atoms with Crippen LogP contribution in [-0.4, -0.2) is 45.4 Å². The number of thiophene rings is 1. The molecule has 0 saturated heterocycles. The van der Waals surface area contributed by atoms with E-state index in [1.165, 1.54) is 16.0 Å². The number of hydrogen-bond acceptors (Lipinski definition) is 5. The summed E-state index contributed by atoms with van der Waals surface area (Å²) in [5.41, 5.74) is 2.66. The van der Waals surface area contributed by atoms with E-state index < -0.39 is 0 Å². The highest BCUT2D eigenvalue weighted by Gasteiger charge is 2.30. The molecule has 1 unspecified atom stereocenters. The fraction of sp³-hybridized carbons (Fsp3) is 0.474. The van der Waals surface area contributed by atoms with Gasteiger partial charge in [-0.3, -0.25) is 4.90 Å². The average molecular weight is 347 g/mol. The first-order chi connectivity index (χ1) is 11.8. The number of hydrogen-bond donors (Lipinski definition) is 0. The highest BCUT2D eigenvalue weighted by atomic mass is 32.1. The van der Waals surface area contributed by atoms with Gasteiger partial charge in [0.2, 0.25) is 0 Å². The maximum atomic E-state index is 5.59. The van der Waals surface area contributed by atoms with Gasteiger partial charge in [-0.05, 0) is 48.1 Å². The molecule has 2 aromatic rings. The molecule has 4 nitrogen and oxygen atoms in total. The van der Waals surface area contributed by atoms with Crippen molar-refractivity contribution in [1.82, 2.24) is 4.90 Å². The normalized spacial score (nSPS) is 17.5. The summed E-state index contributed by atoms with van der Waals surface area (Å²) in [6, 6.07) is 8.87. The Balaban J connectivity index is 1.98. The van der Waals surface area contributed by atoms with E-state index in [9.17, 15) is 0 Å². The van der Waals surface area contributed by atoms with Crippen molar-refractivity contribution in [2.24, 2.45) is 0 Å². The minimum Gasteiger partial charge on any atom is -0.493 e. The minimum absolute atomic E-state index is 0.258. The molecule has 0 aliphatic carbocycles. The first-order valence-electron chi connectivity index (χ1n) is 8.38. The van der Waals surface area contributed by atoms with Crippen LogP contribution < -0.4 is 9.47 Å². The van der Waals surface area contributed by atoms with Crippen LogP contribution in [0.4, 0.5) is 0 Å². The predicted molar refractivity (Wildman–Crippen MR) is 97.5 cm³/mol. The molecule has 0 radical (unpaired) electrons. The van der Waals surface area contributed by atoms with Gasteiger partial charge in [-0.15, -0.1) is 11.3 Å². The van der Waals surface area contributed by atoms with Crippen LogP contribution in [0.15, 0.2) is 29.6 Å². The van der Waals surface area contributed by atoms with E-state index in [-0.39, 0.29) is 6.04 Å². The van der Waals surface area contributed by atoms with E-state index >= 15 is 0 Å². The van der Waals surface area contributed by atoms with E-state index in [0.717, 1.165) is 44.2 Å². The molecular weight excluding hydrogens is 322 g/mol. The van der Waals surface area contributed by atoms with Gasteiger partial charge >= 0.3 is 0 Å². The van der Waals surface area contributed by atoms with Crippen molar-refractivity contribution < 1.29 is 14.2 Å². The van der Waals surface area contributed by atoms with Crippen molar-refractivity contribution in [1.29, 1.82) is 0 Å². The molecule has 0 spiro atoms. The van der Waals surface area contributed by atoms with E-state index in [1.807, 2.05) is 6.92 Å². The molecule has 0 N–H and O–H groups in total. The Morgan fingerprint density at radius 1 is 1.21 bits per heavy atom. The van der Waals surface area contributed by atoms with E-state index in [4.69, 9.17) is 14.2 Å². The Kier molecular flexibility index (Phi) is 5.76. The van der Waals surface area contributed by atoms with Gasteiger partial charge in [0.25, 0.3) is 0 Å². The largest absolute Gasteiger partial charge is 0.493 e. The van der Waals surface area contributed by atoms with Gasteiger partial charge in [0, 0.05) is 24.6 Å². The van der Waals surface area contributed by atoms with Gasteiger partial charge in [0.05, 0.1) is 26.9 Å². The van der Waals surface area contributed by atoms with E-state index in [2.05, 4.69) is 34.5 Å². The SMILES string of the molecule is CCOCCN1CCc2cc(OC)c(OC)cc2C1c1cccs1. The molecule has 2 heterocycles. The van der Waals surface area contributed by atoms with Crippen LogP contribution in [0.5, 0.6) is 11.5 Å². The van der Waals surface area contributed by atoms with Crippen LogP contribution >= 0.6 is 11.3 Å². The molecule has 130 valence electrons. The third-order valence-electron chi connectivity index (χ3n) is 4.51. The Labute approximate surface area is 148 Å². The number of methoxy groups -OCH3 is 2. The number of rotatable bonds is 7. The summed E-state index contributed by atoms with van der Waals surface area (Å²) in [6.45, 7) is 5.53. The van der Waals surface area contributed by atoms with Gasteiger partial charge in [0.1, 0.15) is 0 Å². The lowest BCUT2D eigenvalue weighted by Gasteiger charge is -2.37. The molecule has 0 bridgehead atoms. The fourth-order valence-electron chi connectivity index (χ4n) is 3.34. The second-order valence-electron chi connectivity index (χ2n) is 5.81. The molecule has 5 heteroatoms. The number of ether oxygens (including phenoxy) is 3. The van der Waals surface area contributed by atoms with Crippen molar-refractivity contribution in [3.8, 4) is 11.5 Å². The van der Waals surface area contributed by atoms with Gasteiger partial charge in [0.15, 0.2) is 11.5 Å². The third-order valence-corrected chi connectivity index (χ3v) is 5.44. The minimum atomic E-state index is 0.258. The van der Waals surface area contributed by atoms with Crippen molar-refractivity contribution >= 4 is 11.3 Å². The Morgan fingerprint density at radius 3 is 2.67 bits per heavy atom. The average Bonchev–Trinajstić information content (AvgIpc) is 3.14. The second kappa shape index (κ2) is 8.01. The summed E-state index contributed by atoms with van der Waals surface area (Å²) >= 11 is 1.80. The first kappa shape index (κ1) is 17.3. The van der Waals surface area contributed by atoms with Gasteiger partial charge in [-0.1, -0.05) is 6.07 Å². The molecular formula is C19H25NO3S. The lowest BCUT2D eigenvalue weighted by Crippen LogP contribution is -2.38. The molecule has 0 amide bonds. The quantitative estimate of drug-likeness (QED) is 0.714.